The van der Waals surface area contributed by atoms with Crippen molar-refractivity contribution in [1.29, 1.82) is 0 Å². The van der Waals surface area contributed by atoms with Crippen molar-refractivity contribution in [3.63, 3.8) is 0 Å². The number of imidazole rings is 1. The summed E-state index contributed by atoms with van der Waals surface area (Å²) in [5.41, 5.74) is -0.824. The van der Waals surface area contributed by atoms with Crippen LogP contribution in [-0.4, -0.2) is 32.7 Å². The van der Waals surface area contributed by atoms with Crippen LogP contribution in [0.1, 0.15) is 26.7 Å². The predicted octanol–water partition coefficient (Wildman–Crippen LogP) is 1.12. The first-order valence-electron chi connectivity index (χ1n) is 5.52. The first-order chi connectivity index (χ1) is 7.58. The Morgan fingerprint density at radius 3 is 2.88 bits per heavy atom. The van der Waals surface area contributed by atoms with Gasteiger partial charge in [0, 0.05) is 25.5 Å². The molecule has 0 radical (unpaired) electrons. The van der Waals surface area contributed by atoms with Gasteiger partial charge in [0.15, 0.2) is 0 Å². The number of rotatable bonds is 7. The van der Waals surface area contributed by atoms with Gasteiger partial charge in [0.25, 0.3) is 0 Å². The molecule has 0 aliphatic rings. The average molecular weight is 225 g/mol. The molecular weight excluding hydrogens is 206 g/mol. The van der Waals surface area contributed by atoms with Gasteiger partial charge in [-0.05, 0) is 13.3 Å². The molecule has 16 heavy (non-hydrogen) atoms. The van der Waals surface area contributed by atoms with E-state index >= 15 is 0 Å². The Hall–Kier alpha value is -1.36. The average Bonchev–Trinajstić information content (AvgIpc) is 2.70. The normalized spacial score (nSPS) is 14.6. The molecule has 0 aliphatic heterocycles. The van der Waals surface area contributed by atoms with Gasteiger partial charge in [-0.3, -0.25) is 4.79 Å². The highest BCUT2D eigenvalue weighted by atomic mass is 16.4. The second kappa shape index (κ2) is 5.65. The fraction of sp³-hybridized carbons (Fsp3) is 0.636. The number of nitrogens with one attached hydrogen (secondary N) is 1. The fourth-order valence-corrected chi connectivity index (χ4v) is 1.65. The Bertz CT molecular complexity index is 324. The minimum Gasteiger partial charge on any atom is -0.480 e. The Balaban J connectivity index is 2.41. The number of nitrogens with zero attached hydrogens (tertiary/aromatic N) is 2. The van der Waals surface area contributed by atoms with Gasteiger partial charge in [0.05, 0.1) is 6.33 Å². The largest absolute Gasteiger partial charge is 0.480 e. The number of carbonyl (C=O) groups is 1. The molecule has 1 heterocycles. The van der Waals surface area contributed by atoms with Crippen molar-refractivity contribution in [1.82, 2.24) is 14.9 Å². The molecule has 1 atom stereocenters. The number of carboxylic acids is 1. The van der Waals surface area contributed by atoms with E-state index in [-0.39, 0.29) is 0 Å². The number of hydrogen-bond donors (Lipinski definition) is 2. The lowest BCUT2D eigenvalue weighted by Crippen LogP contribution is -2.50. The molecule has 0 aromatic carbocycles. The summed E-state index contributed by atoms with van der Waals surface area (Å²) in [7, 11) is 0. The third kappa shape index (κ3) is 3.34. The molecule has 90 valence electrons. The maximum atomic E-state index is 11.1. The lowest BCUT2D eigenvalue weighted by atomic mass is 9.96. The third-order valence-corrected chi connectivity index (χ3v) is 2.67. The molecule has 1 aromatic heterocycles. The van der Waals surface area contributed by atoms with E-state index in [1.165, 1.54) is 0 Å². The molecule has 0 bridgehead atoms. The zero-order valence-electron chi connectivity index (χ0n) is 9.81. The van der Waals surface area contributed by atoms with Gasteiger partial charge in [-0.2, -0.15) is 0 Å². The standard InChI is InChI=1S/C11H19N3O2/c1-3-4-11(2,10(15)16)13-6-8-14-7-5-12-9-14/h5,7,9,13H,3-4,6,8H2,1-2H3,(H,15,16). The van der Waals surface area contributed by atoms with Crippen LogP contribution in [0.5, 0.6) is 0 Å². The summed E-state index contributed by atoms with van der Waals surface area (Å²) in [5, 5.41) is 12.2. The van der Waals surface area contributed by atoms with Gasteiger partial charge in [0.2, 0.25) is 0 Å². The number of carboxylic acid groups (broad SMARTS) is 1. The van der Waals surface area contributed by atoms with Crippen LogP contribution in [0.15, 0.2) is 18.7 Å². The van der Waals surface area contributed by atoms with Gasteiger partial charge >= 0.3 is 5.97 Å². The van der Waals surface area contributed by atoms with Crippen LogP contribution in [0.4, 0.5) is 0 Å². The molecule has 0 spiro atoms. The fourth-order valence-electron chi connectivity index (χ4n) is 1.65. The highest BCUT2D eigenvalue weighted by Gasteiger charge is 2.30. The second-order valence-corrected chi connectivity index (χ2v) is 4.11. The molecule has 1 unspecified atom stereocenters. The summed E-state index contributed by atoms with van der Waals surface area (Å²) >= 11 is 0. The van der Waals surface area contributed by atoms with Gasteiger partial charge in [0.1, 0.15) is 5.54 Å². The van der Waals surface area contributed by atoms with E-state index in [0.717, 1.165) is 13.0 Å². The van der Waals surface area contributed by atoms with Crippen LogP contribution in [0.3, 0.4) is 0 Å². The Morgan fingerprint density at radius 1 is 1.62 bits per heavy atom. The van der Waals surface area contributed by atoms with Crippen LogP contribution in [-0.2, 0) is 11.3 Å². The van der Waals surface area contributed by atoms with Crippen molar-refractivity contribution < 1.29 is 9.90 Å². The number of aliphatic carboxylic acids is 1. The van der Waals surface area contributed by atoms with Crippen LogP contribution in [0.25, 0.3) is 0 Å². The maximum Gasteiger partial charge on any atom is 0.323 e. The highest BCUT2D eigenvalue weighted by Crippen LogP contribution is 2.12. The summed E-state index contributed by atoms with van der Waals surface area (Å²) in [5.74, 6) is -0.792. The van der Waals surface area contributed by atoms with E-state index in [2.05, 4.69) is 10.3 Å². The molecule has 0 saturated heterocycles. The van der Waals surface area contributed by atoms with Gasteiger partial charge < -0.3 is 15.0 Å². The molecule has 5 heteroatoms. The van der Waals surface area contributed by atoms with E-state index in [1.807, 2.05) is 17.7 Å². The molecule has 2 N–H and O–H groups in total. The molecular formula is C11H19N3O2. The molecule has 0 saturated carbocycles. The Labute approximate surface area is 95.5 Å². The minimum atomic E-state index is -0.824. The summed E-state index contributed by atoms with van der Waals surface area (Å²) in [6.45, 7) is 5.07. The van der Waals surface area contributed by atoms with Crippen LogP contribution in [0.2, 0.25) is 0 Å². The predicted molar refractivity (Wildman–Crippen MR) is 61.2 cm³/mol. The molecule has 5 nitrogen and oxygen atoms in total. The lowest BCUT2D eigenvalue weighted by molar-refractivity contribution is -0.144. The van der Waals surface area contributed by atoms with Crippen molar-refractivity contribution in [3.8, 4) is 0 Å². The van der Waals surface area contributed by atoms with Crippen LogP contribution in [0, 0.1) is 0 Å². The highest BCUT2D eigenvalue weighted by molar-refractivity contribution is 5.78. The summed E-state index contributed by atoms with van der Waals surface area (Å²) in [6, 6.07) is 0. The quantitative estimate of drug-likeness (QED) is 0.729. The second-order valence-electron chi connectivity index (χ2n) is 4.11. The minimum absolute atomic E-state index is 0.624. The zero-order valence-corrected chi connectivity index (χ0v) is 9.81. The summed E-state index contributed by atoms with van der Waals surface area (Å²) in [4.78, 5) is 15.0. The van der Waals surface area contributed by atoms with Crippen molar-refractivity contribution in [2.75, 3.05) is 6.54 Å². The monoisotopic (exact) mass is 225 g/mol. The number of hydrogen-bond acceptors (Lipinski definition) is 3. The summed E-state index contributed by atoms with van der Waals surface area (Å²) in [6.07, 6.45) is 6.77. The number of aromatic nitrogens is 2. The molecule has 1 rings (SSSR count). The Kier molecular flexibility index (Phi) is 4.49. The molecule has 1 aromatic rings. The van der Waals surface area contributed by atoms with Crippen LogP contribution < -0.4 is 5.32 Å². The van der Waals surface area contributed by atoms with Crippen molar-refractivity contribution in [2.24, 2.45) is 0 Å². The first kappa shape index (κ1) is 12.7. The van der Waals surface area contributed by atoms with Gasteiger partial charge in [-0.1, -0.05) is 13.3 Å². The maximum absolute atomic E-state index is 11.1. The van der Waals surface area contributed by atoms with Gasteiger partial charge in [-0.25, -0.2) is 4.98 Å². The first-order valence-corrected chi connectivity index (χ1v) is 5.52. The molecule has 0 amide bonds. The van der Waals surface area contributed by atoms with Crippen molar-refractivity contribution in [3.05, 3.63) is 18.7 Å². The smallest absolute Gasteiger partial charge is 0.323 e. The van der Waals surface area contributed by atoms with Gasteiger partial charge in [-0.15, -0.1) is 0 Å². The van der Waals surface area contributed by atoms with E-state index in [0.29, 0.717) is 13.0 Å². The third-order valence-electron chi connectivity index (χ3n) is 2.67. The SMILES string of the molecule is CCCC(C)(NCCn1ccnc1)C(=O)O. The molecule has 0 fully saturated rings. The zero-order chi connectivity index (χ0) is 12.0. The van der Waals surface area contributed by atoms with E-state index < -0.39 is 11.5 Å². The van der Waals surface area contributed by atoms with E-state index in [4.69, 9.17) is 5.11 Å². The lowest BCUT2D eigenvalue weighted by Gasteiger charge is -2.25. The molecule has 0 aliphatic carbocycles. The van der Waals surface area contributed by atoms with Crippen molar-refractivity contribution >= 4 is 5.97 Å². The summed E-state index contributed by atoms with van der Waals surface area (Å²) < 4.78 is 1.92. The van der Waals surface area contributed by atoms with Crippen LogP contribution >= 0.6 is 0 Å². The van der Waals surface area contributed by atoms with E-state index in [1.54, 1.807) is 19.4 Å². The Morgan fingerprint density at radius 2 is 2.38 bits per heavy atom. The van der Waals surface area contributed by atoms with E-state index in [9.17, 15) is 4.79 Å². The topological polar surface area (TPSA) is 67.2 Å². The van der Waals surface area contributed by atoms with Crippen molar-refractivity contribution in [2.45, 2.75) is 38.8 Å².